The highest BCUT2D eigenvalue weighted by Gasteiger charge is 2.17. The summed E-state index contributed by atoms with van der Waals surface area (Å²) >= 11 is 2.24. The summed E-state index contributed by atoms with van der Waals surface area (Å²) < 4.78 is 8.33. The molecular formula is C8H13IN2O. The fraction of sp³-hybridized carbons (Fsp3) is 0.625. The van der Waals surface area contributed by atoms with Crippen molar-refractivity contribution in [2.45, 2.75) is 26.0 Å². The molecule has 0 radical (unpaired) electrons. The number of methoxy groups -OCH3 is 1. The van der Waals surface area contributed by atoms with E-state index in [-0.39, 0.29) is 5.60 Å². The van der Waals surface area contributed by atoms with Crippen molar-refractivity contribution in [3.05, 3.63) is 16.0 Å². The molecule has 0 N–H and O–H groups in total. The lowest BCUT2D eigenvalue weighted by atomic mass is 10.1. The number of hydrogen-bond donors (Lipinski definition) is 0. The Morgan fingerprint density at radius 2 is 2.33 bits per heavy atom. The highest BCUT2D eigenvalue weighted by molar-refractivity contribution is 14.1. The first-order valence-corrected chi connectivity index (χ1v) is 4.84. The van der Waals surface area contributed by atoms with Crippen molar-refractivity contribution in [2.24, 2.45) is 0 Å². The number of aromatic nitrogens is 2. The molecule has 1 aromatic rings. The highest BCUT2D eigenvalue weighted by Crippen LogP contribution is 2.11. The van der Waals surface area contributed by atoms with E-state index in [1.807, 2.05) is 30.9 Å². The maximum atomic E-state index is 5.29. The molecule has 1 rings (SSSR count). The minimum atomic E-state index is -0.144. The molecule has 0 amide bonds. The molecule has 0 saturated heterocycles. The Balaban J connectivity index is 2.63. The molecule has 0 unspecified atom stereocenters. The normalized spacial score (nSPS) is 12.0. The predicted molar refractivity (Wildman–Crippen MR) is 56.0 cm³/mol. The first-order valence-electron chi connectivity index (χ1n) is 3.76. The van der Waals surface area contributed by atoms with Gasteiger partial charge < -0.3 is 4.74 Å². The molecule has 0 spiro atoms. The molecular weight excluding hydrogens is 267 g/mol. The van der Waals surface area contributed by atoms with Crippen molar-refractivity contribution in [3.63, 3.8) is 0 Å². The van der Waals surface area contributed by atoms with Gasteiger partial charge in [0.05, 0.1) is 21.9 Å². The Morgan fingerprint density at radius 3 is 2.75 bits per heavy atom. The number of halogens is 1. The van der Waals surface area contributed by atoms with Crippen LogP contribution in [0.5, 0.6) is 0 Å². The number of hydrogen-bond acceptors (Lipinski definition) is 2. The van der Waals surface area contributed by atoms with Crippen molar-refractivity contribution in [1.82, 2.24) is 9.78 Å². The topological polar surface area (TPSA) is 27.1 Å². The van der Waals surface area contributed by atoms with E-state index >= 15 is 0 Å². The average Bonchev–Trinajstić information content (AvgIpc) is 2.35. The van der Waals surface area contributed by atoms with Gasteiger partial charge in [0.2, 0.25) is 0 Å². The molecule has 0 saturated carbocycles. The molecule has 0 atom stereocenters. The maximum absolute atomic E-state index is 5.29. The summed E-state index contributed by atoms with van der Waals surface area (Å²) in [4.78, 5) is 0. The molecule has 4 heteroatoms. The molecule has 12 heavy (non-hydrogen) atoms. The van der Waals surface area contributed by atoms with Gasteiger partial charge in [0.25, 0.3) is 0 Å². The van der Waals surface area contributed by atoms with Gasteiger partial charge in [0, 0.05) is 13.3 Å². The van der Waals surface area contributed by atoms with E-state index in [0.717, 1.165) is 10.1 Å². The summed E-state index contributed by atoms with van der Waals surface area (Å²) in [5.41, 5.74) is -0.144. The smallest absolute Gasteiger partial charge is 0.0817 e. The van der Waals surface area contributed by atoms with E-state index in [4.69, 9.17) is 4.74 Å². The van der Waals surface area contributed by atoms with Crippen molar-refractivity contribution in [2.75, 3.05) is 7.11 Å². The van der Waals surface area contributed by atoms with E-state index in [9.17, 15) is 0 Å². The Hall–Kier alpha value is -0.100. The van der Waals surface area contributed by atoms with Crippen LogP contribution in [0.4, 0.5) is 0 Å². The Labute approximate surface area is 86.2 Å². The lowest BCUT2D eigenvalue weighted by molar-refractivity contribution is 0.00540. The molecule has 0 bridgehead atoms. The summed E-state index contributed by atoms with van der Waals surface area (Å²) in [5.74, 6) is 0. The summed E-state index contributed by atoms with van der Waals surface area (Å²) in [6, 6.07) is 0. The quantitative estimate of drug-likeness (QED) is 0.791. The van der Waals surface area contributed by atoms with Crippen LogP contribution in [0.1, 0.15) is 13.8 Å². The third-order valence-corrected chi connectivity index (χ3v) is 2.25. The first-order chi connectivity index (χ1) is 5.53. The molecule has 0 aliphatic carbocycles. The van der Waals surface area contributed by atoms with E-state index in [0.29, 0.717) is 0 Å². The van der Waals surface area contributed by atoms with Gasteiger partial charge in [-0.15, -0.1) is 0 Å². The SMILES string of the molecule is COC(C)(C)Cn1cc(I)cn1. The minimum absolute atomic E-state index is 0.144. The predicted octanol–water partition coefficient (Wildman–Crippen LogP) is 1.91. The Morgan fingerprint density at radius 1 is 1.67 bits per heavy atom. The second kappa shape index (κ2) is 3.74. The van der Waals surface area contributed by atoms with Crippen LogP contribution in [-0.4, -0.2) is 22.5 Å². The van der Waals surface area contributed by atoms with Gasteiger partial charge in [-0.1, -0.05) is 0 Å². The second-order valence-corrected chi connectivity index (χ2v) is 4.57. The van der Waals surface area contributed by atoms with Crippen molar-refractivity contribution < 1.29 is 4.74 Å². The zero-order valence-corrected chi connectivity index (χ0v) is 9.70. The van der Waals surface area contributed by atoms with Gasteiger partial charge in [-0.2, -0.15) is 5.10 Å². The van der Waals surface area contributed by atoms with E-state index < -0.39 is 0 Å². The van der Waals surface area contributed by atoms with Gasteiger partial charge in [-0.05, 0) is 36.4 Å². The Bertz CT molecular complexity index is 257. The maximum Gasteiger partial charge on any atom is 0.0817 e. The molecule has 1 aromatic heterocycles. The molecule has 1 heterocycles. The summed E-state index contributed by atoms with van der Waals surface area (Å²) in [7, 11) is 1.72. The zero-order chi connectivity index (χ0) is 9.19. The number of ether oxygens (including phenoxy) is 1. The Kier molecular flexibility index (Phi) is 3.11. The van der Waals surface area contributed by atoms with Gasteiger partial charge in [0.1, 0.15) is 0 Å². The van der Waals surface area contributed by atoms with Crippen LogP contribution in [0.25, 0.3) is 0 Å². The van der Waals surface area contributed by atoms with Crippen molar-refractivity contribution in [3.8, 4) is 0 Å². The standard InChI is InChI=1S/C8H13IN2O/c1-8(2,12-3)6-11-5-7(9)4-10-11/h4-5H,6H2,1-3H3. The van der Waals surface area contributed by atoms with Gasteiger partial charge >= 0.3 is 0 Å². The number of rotatable bonds is 3. The van der Waals surface area contributed by atoms with Crippen molar-refractivity contribution >= 4 is 22.6 Å². The molecule has 0 aliphatic heterocycles. The van der Waals surface area contributed by atoms with E-state index in [2.05, 4.69) is 27.7 Å². The first kappa shape index (κ1) is 9.98. The largest absolute Gasteiger partial charge is 0.377 e. The monoisotopic (exact) mass is 280 g/mol. The zero-order valence-electron chi connectivity index (χ0n) is 7.54. The van der Waals surface area contributed by atoms with Crippen LogP contribution >= 0.6 is 22.6 Å². The van der Waals surface area contributed by atoms with Crippen LogP contribution in [0, 0.1) is 3.57 Å². The minimum Gasteiger partial charge on any atom is -0.377 e. The van der Waals surface area contributed by atoms with Gasteiger partial charge in [-0.3, -0.25) is 4.68 Å². The van der Waals surface area contributed by atoms with E-state index in [1.54, 1.807) is 7.11 Å². The van der Waals surface area contributed by atoms with Crippen LogP contribution in [-0.2, 0) is 11.3 Å². The van der Waals surface area contributed by atoms with Gasteiger partial charge in [-0.25, -0.2) is 0 Å². The van der Waals surface area contributed by atoms with Crippen molar-refractivity contribution in [1.29, 1.82) is 0 Å². The third kappa shape index (κ3) is 2.75. The highest BCUT2D eigenvalue weighted by atomic mass is 127. The van der Waals surface area contributed by atoms with Crippen LogP contribution in [0.15, 0.2) is 12.4 Å². The molecule has 0 aliphatic rings. The second-order valence-electron chi connectivity index (χ2n) is 3.32. The molecule has 0 aromatic carbocycles. The third-order valence-electron chi connectivity index (χ3n) is 1.70. The lowest BCUT2D eigenvalue weighted by Crippen LogP contribution is -2.29. The number of nitrogens with zero attached hydrogens (tertiary/aromatic N) is 2. The summed E-state index contributed by atoms with van der Waals surface area (Å²) in [6.07, 6.45) is 3.84. The molecule has 0 fully saturated rings. The summed E-state index contributed by atoms with van der Waals surface area (Å²) in [6.45, 7) is 4.87. The molecule has 68 valence electrons. The van der Waals surface area contributed by atoms with Gasteiger partial charge in [0.15, 0.2) is 0 Å². The fourth-order valence-electron chi connectivity index (χ4n) is 0.879. The van der Waals surface area contributed by atoms with Crippen LogP contribution in [0.3, 0.4) is 0 Å². The van der Waals surface area contributed by atoms with Crippen LogP contribution < -0.4 is 0 Å². The van der Waals surface area contributed by atoms with E-state index in [1.165, 1.54) is 0 Å². The average molecular weight is 280 g/mol. The molecule has 3 nitrogen and oxygen atoms in total. The van der Waals surface area contributed by atoms with Crippen LogP contribution in [0.2, 0.25) is 0 Å². The fourth-order valence-corrected chi connectivity index (χ4v) is 1.33. The summed E-state index contributed by atoms with van der Waals surface area (Å²) in [5, 5.41) is 4.18. The lowest BCUT2D eigenvalue weighted by Gasteiger charge is -2.22.